The molecule has 0 spiro atoms. The van der Waals surface area contributed by atoms with Gasteiger partial charge in [-0.3, -0.25) is 9.69 Å². The molecule has 150 valence electrons. The number of carbonyl (C=O) groups excluding carboxylic acids is 1. The molecule has 29 heavy (non-hydrogen) atoms. The summed E-state index contributed by atoms with van der Waals surface area (Å²) in [5, 5.41) is 19.8. The monoisotopic (exact) mass is 411 g/mol. The number of primary amides is 1. The van der Waals surface area contributed by atoms with Crippen molar-refractivity contribution in [2.24, 2.45) is 16.8 Å². The summed E-state index contributed by atoms with van der Waals surface area (Å²) in [7, 11) is -1.69. The molecule has 2 atom stereocenters. The van der Waals surface area contributed by atoms with Crippen molar-refractivity contribution in [3.63, 3.8) is 0 Å². The molecule has 1 aliphatic heterocycles. The molecule has 0 bridgehead atoms. The number of aromatic nitrogens is 4. The van der Waals surface area contributed by atoms with Crippen LogP contribution in [0.3, 0.4) is 0 Å². The van der Waals surface area contributed by atoms with E-state index in [-0.39, 0.29) is 11.8 Å². The molecule has 1 saturated heterocycles. The van der Waals surface area contributed by atoms with Gasteiger partial charge in [-0.05, 0) is 40.9 Å². The molecule has 0 saturated carbocycles. The van der Waals surface area contributed by atoms with E-state index in [1.165, 1.54) is 0 Å². The number of nitrogens with zero attached hydrogens (tertiary/aromatic N) is 4. The van der Waals surface area contributed by atoms with Crippen LogP contribution in [0.5, 0.6) is 0 Å². The Hall–Kier alpha value is -2.95. The minimum Gasteiger partial charge on any atom is -0.369 e. The minimum absolute atomic E-state index is 0.0633. The molecule has 3 aromatic rings. The van der Waals surface area contributed by atoms with Gasteiger partial charge in [0.15, 0.2) is 0 Å². The normalized spacial score (nSPS) is 18.0. The second-order valence-electron chi connectivity index (χ2n) is 7.03. The molecular formula is C19H21N7O2S. The predicted molar refractivity (Wildman–Crippen MR) is 108 cm³/mol. The first-order chi connectivity index (χ1) is 14.0. The van der Waals surface area contributed by atoms with Crippen molar-refractivity contribution >= 4 is 16.9 Å². The molecule has 1 amide bonds. The SMILES string of the molecule is NC(=O)C1CCN(Cc2ccc(-c3cccc(S(N)=O)c3-c3nn[nH]n3)cc2)C1. The quantitative estimate of drug-likeness (QED) is 0.548. The van der Waals surface area contributed by atoms with Crippen molar-refractivity contribution in [1.82, 2.24) is 25.5 Å². The molecule has 2 aromatic carbocycles. The van der Waals surface area contributed by atoms with Crippen molar-refractivity contribution in [3.05, 3.63) is 48.0 Å². The third-order valence-electron chi connectivity index (χ3n) is 5.16. The zero-order chi connectivity index (χ0) is 20.4. The first-order valence-electron chi connectivity index (χ1n) is 9.17. The number of nitrogens with one attached hydrogen (secondary N) is 1. The lowest BCUT2D eigenvalue weighted by atomic mass is 9.98. The Kier molecular flexibility index (Phi) is 5.47. The Balaban J connectivity index is 1.61. The number of tetrazole rings is 1. The molecule has 10 heteroatoms. The first kappa shape index (κ1) is 19.4. The number of hydrogen-bond donors (Lipinski definition) is 3. The highest BCUT2D eigenvalue weighted by atomic mass is 32.2. The molecule has 1 fully saturated rings. The van der Waals surface area contributed by atoms with E-state index in [2.05, 4.69) is 25.5 Å². The molecule has 1 aromatic heterocycles. The number of benzene rings is 2. The average molecular weight is 411 g/mol. The second-order valence-corrected chi connectivity index (χ2v) is 8.07. The number of rotatable bonds is 6. The summed E-state index contributed by atoms with van der Waals surface area (Å²) in [6.07, 6.45) is 0.810. The van der Waals surface area contributed by atoms with Crippen LogP contribution in [0.4, 0.5) is 0 Å². The van der Waals surface area contributed by atoms with Crippen molar-refractivity contribution in [1.29, 1.82) is 0 Å². The molecule has 2 heterocycles. The summed E-state index contributed by atoms with van der Waals surface area (Å²) >= 11 is 0. The zero-order valence-corrected chi connectivity index (χ0v) is 16.4. The number of nitrogens with two attached hydrogens (primary N) is 2. The standard InChI is InChI=1S/C19H21N7O2S/c20-18(27)14-8-9-26(11-14)10-12-4-6-13(7-5-12)15-2-1-3-16(29(21)28)17(15)19-22-24-25-23-19/h1-7,14H,8-11,21H2,(H2,20,27)(H,22,23,24,25). The Morgan fingerprint density at radius 3 is 2.66 bits per heavy atom. The molecule has 4 rings (SSSR count). The molecule has 2 unspecified atom stereocenters. The highest BCUT2D eigenvalue weighted by Gasteiger charge is 2.26. The van der Waals surface area contributed by atoms with Crippen molar-refractivity contribution in [3.8, 4) is 22.5 Å². The molecule has 9 nitrogen and oxygen atoms in total. The van der Waals surface area contributed by atoms with Crippen LogP contribution < -0.4 is 10.9 Å². The van der Waals surface area contributed by atoms with E-state index in [1.54, 1.807) is 12.1 Å². The maximum absolute atomic E-state index is 12.0. The first-order valence-corrected chi connectivity index (χ1v) is 10.4. The highest BCUT2D eigenvalue weighted by molar-refractivity contribution is 7.82. The van der Waals surface area contributed by atoms with E-state index in [0.717, 1.165) is 36.2 Å². The summed E-state index contributed by atoms with van der Waals surface area (Å²) in [4.78, 5) is 14.0. The largest absolute Gasteiger partial charge is 0.369 e. The second kappa shape index (κ2) is 8.19. The van der Waals surface area contributed by atoms with E-state index in [1.807, 2.05) is 30.3 Å². The van der Waals surface area contributed by atoms with Crippen LogP contribution in [0.15, 0.2) is 47.4 Å². The van der Waals surface area contributed by atoms with Crippen molar-refractivity contribution in [2.45, 2.75) is 17.9 Å². The van der Waals surface area contributed by atoms with Crippen LogP contribution in [0.25, 0.3) is 22.5 Å². The number of amides is 1. The fourth-order valence-corrected chi connectivity index (χ4v) is 4.31. The van der Waals surface area contributed by atoms with Gasteiger partial charge in [-0.25, -0.2) is 9.35 Å². The van der Waals surface area contributed by atoms with E-state index in [9.17, 15) is 9.00 Å². The number of likely N-dealkylation sites (tertiary alicyclic amines) is 1. The summed E-state index contributed by atoms with van der Waals surface area (Å²) < 4.78 is 12.0. The summed E-state index contributed by atoms with van der Waals surface area (Å²) in [5.74, 6) is 0.0497. The van der Waals surface area contributed by atoms with Crippen molar-refractivity contribution < 1.29 is 9.00 Å². The molecule has 0 aliphatic carbocycles. The third kappa shape index (κ3) is 4.09. The fourth-order valence-electron chi connectivity index (χ4n) is 3.69. The van der Waals surface area contributed by atoms with Gasteiger partial charge in [-0.15, -0.1) is 10.2 Å². The zero-order valence-electron chi connectivity index (χ0n) is 15.6. The summed E-state index contributed by atoms with van der Waals surface area (Å²) in [6, 6.07) is 13.5. The maximum atomic E-state index is 12.0. The van der Waals surface area contributed by atoms with Gasteiger partial charge in [0.1, 0.15) is 11.0 Å². The number of hydrogen-bond acceptors (Lipinski definition) is 6. The lowest BCUT2D eigenvalue weighted by molar-refractivity contribution is -0.121. The van der Waals surface area contributed by atoms with E-state index in [0.29, 0.717) is 22.8 Å². The topological polar surface area (TPSA) is 144 Å². The van der Waals surface area contributed by atoms with Gasteiger partial charge in [0, 0.05) is 18.7 Å². The van der Waals surface area contributed by atoms with Crippen LogP contribution >= 0.6 is 0 Å². The number of H-pyrrole nitrogens is 1. The van der Waals surface area contributed by atoms with Gasteiger partial charge in [0.2, 0.25) is 11.7 Å². The van der Waals surface area contributed by atoms with Gasteiger partial charge in [0.05, 0.1) is 10.8 Å². The lowest BCUT2D eigenvalue weighted by Crippen LogP contribution is -2.27. The Bertz CT molecular complexity index is 1040. The van der Waals surface area contributed by atoms with Gasteiger partial charge in [0.25, 0.3) is 0 Å². The van der Waals surface area contributed by atoms with Crippen LogP contribution in [0.2, 0.25) is 0 Å². The summed E-state index contributed by atoms with van der Waals surface area (Å²) in [5.41, 5.74) is 8.90. The lowest BCUT2D eigenvalue weighted by Gasteiger charge is -2.16. The van der Waals surface area contributed by atoms with Crippen LogP contribution in [0, 0.1) is 5.92 Å². The minimum atomic E-state index is -1.69. The van der Waals surface area contributed by atoms with Crippen LogP contribution in [-0.4, -0.2) is 48.7 Å². The molecular weight excluding hydrogens is 390 g/mol. The van der Waals surface area contributed by atoms with Gasteiger partial charge < -0.3 is 5.73 Å². The molecule has 0 radical (unpaired) electrons. The van der Waals surface area contributed by atoms with Crippen LogP contribution in [0.1, 0.15) is 12.0 Å². The number of aromatic amines is 1. The smallest absolute Gasteiger partial charge is 0.221 e. The van der Waals surface area contributed by atoms with Gasteiger partial charge in [-0.2, -0.15) is 5.21 Å². The van der Waals surface area contributed by atoms with Crippen molar-refractivity contribution in [2.75, 3.05) is 13.1 Å². The van der Waals surface area contributed by atoms with E-state index >= 15 is 0 Å². The Morgan fingerprint density at radius 2 is 2.03 bits per heavy atom. The number of carbonyl (C=O) groups is 1. The Morgan fingerprint density at radius 1 is 1.24 bits per heavy atom. The van der Waals surface area contributed by atoms with Gasteiger partial charge in [-0.1, -0.05) is 36.4 Å². The molecule has 5 N–H and O–H groups in total. The highest BCUT2D eigenvalue weighted by Crippen LogP contribution is 2.34. The van der Waals surface area contributed by atoms with E-state index < -0.39 is 11.0 Å². The Labute approximate surface area is 170 Å². The van der Waals surface area contributed by atoms with E-state index in [4.69, 9.17) is 10.9 Å². The molecule has 1 aliphatic rings. The maximum Gasteiger partial charge on any atom is 0.221 e. The third-order valence-corrected chi connectivity index (χ3v) is 5.93. The average Bonchev–Trinajstić information content (AvgIpc) is 3.40. The predicted octanol–water partition coefficient (Wildman–Crippen LogP) is 0.822. The van der Waals surface area contributed by atoms with Crippen LogP contribution in [-0.2, 0) is 22.3 Å². The van der Waals surface area contributed by atoms with Gasteiger partial charge >= 0.3 is 0 Å². The summed E-state index contributed by atoms with van der Waals surface area (Å²) in [6.45, 7) is 2.32. The fraction of sp³-hybridized carbons (Fsp3) is 0.263.